The summed E-state index contributed by atoms with van der Waals surface area (Å²) in [6, 6.07) is -0.211. The molecule has 5 nitrogen and oxygen atoms in total. The molecular weight excluding hydrogens is 294 g/mol. The third-order valence-electron chi connectivity index (χ3n) is 3.77. The van der Waals surface area contributed by atoms with Crippen LogP contribution in [-0.2, 0) is 14.3 Å². The molecule has 0 bridgehead atoms. The van der Waals surface area contributed by atoms with E-state index in [1.807, 2.05) is 20.8 Å². The predicted molar refractivity (Wildman–Crippen MR) is 90.1 cm³/mol. The molecule has 1 atom stereocenters. The molecular formula is C18H31NO4. The third kappa shape index (κ3) is 9.26. The number of alkyl carbamates (subject to hydrolysis) is 1. The first kappa shape index (κ1) is 19.5. The highest BCUT2D eigenvalue weighted by molar-refractivity contribution is 5.82. The summed E-state index contributed by atoms with van der Waals surface area (Å²) in [6.45, 7) is 7.60. The average molecular weight is 325 g/mol. The first-order chi connectivity index (χ1) is 10.8. The Balaban J connectivity index is 2.62. The largest absolute Gasteiger partial charge is 0.463 e. The van der Waals surface area contributed by atoms with Crippen LogP contribution >= 0.6 is 0 Å². The van der Waals surface area contributed by atoms with Gasteiger partial charge < -0.3 is 14.8 Å². The Bertz CT molecular complexity index is 406. The minimum absolute atomic E-state index is 0.211. The molecule has 1 fully saturated rings. The van der Waals surface area contributed by atoms with E-state index in [0.717, 1.165) is 6.42 Å². The number of rotatable bonds is 6. The van der Waals surface area contributed by atoms with Gasteiger partial charge in [-0.25, -0.2) is 9.59 Å². The standard InChI is InChI=1S/C18H31NO4/c1-5-22-16(20)12-11-15(13-14-9-7-6-8-10-14)19-17(21)23-18(2,3)4/h11-12,14-15H,5-10,13H2,1-4H3,(H,19,21)/b12-11+. The number of amides is 1. The molecule has 0 aromatic carbocycles. The van der Waals surface area contributed by atoms with Crippen LogP contribution in [0, 0.1) is 5.92 Å². The van der Waals surface area contributed by atoms with Crippen LogP contribution in [0.2, 0.25) is 0 Å². The van der Waals surface area contributed by atoms with Gasteiger partial charge in [0, 0.05) is 6.08 Å². The molecule has 1 unspecified atom stereocenters. The van der Waals surface area contributed by atoms with Crippen LogP contribution in [0.3, 0.4) is 0 Å². The third-order valence-corrected chi connectivity index (χ3v) is 3.77. The number of hydrogen-bond donors (Lipinski definition) is 1. The van der Waals surface area contributed by atoms with Crippen molar-refractivity contribution < 1.29 is 19.1 Å². The lowest BCUT2D eigenvalue weighted by Crippen LogP contribution is -2.39. The van der Waals surface area contributed by atoms with E-state index in [0.29, 0.717) is 12.5 Å². The Labute approximate surface area is 139 Å². The molecule has 0 radical (unpaired) electrons. The van der Waals surface area contributed by atoms with E-state index >= 15 is 0 Å². The Morgan fingerprint density at radius 1 is 1.22 bits per heavy atom. The van der Waals surface area contributed by atoms with Gasteiger partial charge in [-0.15, -0.1) is 0 Å². The zero-order valence-electron chi connectivity index (χ0n) is 14.9. The SMILES string of the molecule is CCOC(=O)/C=C/C(CC1CCCCC1)NC(=O)OC(C)(C)C. The molecule has 0 aromatic rings. The minimum Gasteiger partial charge on any atom is -0.463 e. The molecule has 0 spiro atoms. The van der Waals surface area contributed by atoms with Crippen LogP contribution < -0.4 is 5.32 Å². The quantitative estimate of drug-likeness (QED) is 0.593. The zero-order chi connectivity index (χ0) is 17.3. The van der Waals surface area contributed by atoms with Gasteiger partial charge in [-0.1, -0.05) is 38.2 Å². The molecule has 0 heterocycles. The number of carbonyl (C=O) groups excluding carboxylic acids is 2. The van der Waals surface area contributed by atoms with Gasteiger partial charge in [-0.2, -0.15) is 0 Å². The molecule has 1 aliphatic rings. The predicted octanol–water partition coefficient (Wildman–Crippen LogP) is 3.97. The highest BCUT2D eigenvalue weighted by Crippen LogP contribution is 2.27. The highest BCUT2D eigenvalue weighted by atomic mass is 16.6. The second-order valence-electron chi connectivity index (χ2n) is 7.10. The van der Waals surface area contributed by atoms with E-state index in [9.17, 15) is 9.59 Å². The summed E-state index contributed by atoms with van der Waals surface area (Å²) in [5, 5.41) is 2.86. The average Bonchev–Trinajstić information content (AvgIpc) is 2.44. The molecule has 5 heteroatoms. The fourth-order valence-electron chi connectivity index (χ4n) is 2.81. The van der Waals surface area contributed by atoms with Crippen LogP contribution in [0.25, 0.3) is 0 Å². The van der Waals surface area contributed by atoms with Crippen molar-refractivity contribution in [2.24, 2.45) is 5.92 Å². The Hall–Kier alpha value is -1.52. The number of ether oxygens (including phenoxy) is 2. The molecule has 1 rings (SSSR count). The fraction of sp³-hybridized carbons (Fsp3) is 0.778. The van der Waals surface area contributed by atoms with Crippen LogP contribution in [0.5, 0.6) is 0 Å². The minimum atomic E-state index is -0.537. The molecule has 23 heavy (non-hydrogen) atoms. The van der Waals surface area contributed by atoms with E-state index in [1.165, 1.54) is 38.2 Å². The van der Waals surface area contributed by atoms with Crippen molar-refractivity contribution in [3.63, 3.8) is 0 Å². The maximum absolute atomic E-state index is 12.0. The van der Waals surface area contributed by atoms with Gasteiger partial charge in [0.05, 0.1) is 12.6 Å². The van der Waals surface area contributed by atoms with Crippen molar-refractivity contribution in [2.75, 3.05) is 6.61 Å². The molecule has 1 amide bonds. The summed E-state index contributed by atoms with van der Waals surface area (Å²) < 4.78 is 10.2. The molecule has 1 N–H and O–H groups in total. The fourth-order valence-corrected chi connectivity index (χ4v) is 2.81. The molecule has 0 aromatic heterocycles. The van der Waals surface area contributed by atoms with Gasteiger partial charge in [-0.05, 0) is 40.0 Å². The van der Waals surface area contributed by atoms with Crippen LogP contribution in [-0.4, -0.2) is 30.3 Å². The first-order valence-corrected chi connectivity index (χ1v) is 8.64. The topological polar surface area (TPSA) is 64.6 Å². The van der Waals surface area contributed by atoms with Crippen molar-refractivity contribution in [3.05, 3.63) is 12.2 Å². The second-order valence-corrected chi connectivity index (χ2v) is 7.10. The lowest BCUT2D eigenvalue weighted by molar-refractivity contribution is -0.137. The molecule has 132 valence electrons. The monoisotopic (exact) mass is 325 g/mol. The van der Waals surface area contributed by atoms with Gasteiger partial charge in [0.25, 0.3) is 0 Å². The lowest BCUT2D eigenvalue weighted by Gasteiger charge is -2.27. The van der Waals surface area contributed by atoms with Crippen LogP contribution in [0.4, 0.5) is 4.79 Å². The summed E-state index contributed by atoms with van der Waals surface area (Å²) in [6.07, 6.45) is 9.63. The van der Waals surface area contributed by atoms with Crippen LogP contribution in [0.15, 0.2) is 12.2 Å². The Morgan fingerprint density at radius 3 is 2.43 bits per heavy atom. The Morgan fingerprint density at radius 2 is 1.87 bits per heavy atom. The number of nitrogens with one attached hydrogen (secondary N) is 1. The van der Waals surface area contributed by atoms with Gasteiger partial charge in [0.15, 0.2) is 0 Å². The smallest absolute Gasteiger partial charge is 0.408 e. The number of esters is 1. The van der Waals surface area contributed by atoms with Gasteiger partial charge in [0.1, 0.15) is 5.60 Å². The van der Waals surface area contributed by atoms with E-state index in [2.05, 4.69) is 5.32 Å². The van der Waals surface area contributed by atoms with E-state index in [-0.39, 0.29) is 12.0 Å². The lowest BCUT2D eigenvalue weighted by atomic mass is 9.85. The molecule has 1 aliphatic carbocycles. The summed E-state index contributed by atoms with van der Waals surface area (Å²) in [4.78, 5) is 23.5. The highest BCUT2D eigenvalue weighted by Gasteiger charge is 2.22. The van der Waals surface area contributed by atoms with Gasteiger partial charge in [0.2, 0.25) is 0 Å². The van der Waals surface area contributed by atoms with E-state index in [1.54, 1.807) is 13.0 Å². The van der Waals surface area contributed by atoms with Crippen molar-refractivity contribution in [1.29, 1.82) is 0 Å². The van der Waals surface area contributed by atoms with Crippen molar-refractivity contribution in [3.8, 4) is 0 Å². The van der Waals surface area contributed by atoms with Gasteiger partial charge in [-0.3, -0.25) is 0 Å². The van der Waals surface area contributed by atoms with Crippen molar-refractivity contribution in [1.82, 2.24) is 5.32 Å². The van der Waals surface area contributed by atoms with Crippen molar-refractivity contribution >= 4 is 12.1 Å². The summed E-state index contributed by atoms with van der Waals surface area (Å²) in [5.41, 5.74) is -0.537. The Kier molecular flexibility index (Phi) is 8.13. The normalized spacial score (nSPS) is 17.7. The zero-order valence-corrected chi connectivity index (χ0v) is 14.9. The maximum Gasteiger partial charge on any atom is 0.408 e. The molecule has 0 aliphatic heterocycles. The number of hydrogen-bond acceptors (Lipinski definition) is 4. The molecule has 1 saturated carbocycles. The van der Waals surface area contributed by atoms with Gasteiger partial charge >= 0.3 is 12.1 Å². The molecule has 0 saturated heterocycles. The first-order valence-electron chi connectivity index (χ1n) is 8.64. The maximum atomic E-state index is 12.0. The summed E-state index contributed by atoms with van der Waals surface area (Å²) in [7, 11) is 0. The van der Waals surface area contributed by atoms with Crippen molar-refractivity contribution in [2.45, 2.75) is 77.9 Å². The summed E-state index contributed by atoms with van der Waals surface area (Å²) in [5.74, 6) is 0.197. The number of carbonyl (C=O) groups is 2. The van der Waals surface area contributed by atoms with E-state index < -0.39 is 11.7 Å². The second kappa shape index (κ2) is 9.58. The van der Waals surface area contributed by atoms with Crippen LogP contribution in [0.1, 0.15) is 66.2 Å². The van der Waals surface area contributed by atoms with E-state index in [4.69, 9.17) is 9.47 Å². The summed E-state index contributed by atoms with van der Waals surface area (Å²) >= 11 is 0.